The zero-order valence-electron chi connectivity index (χ0n) is 14.6. The van der Waals surface area contributed by atoms with Crippen molar-refractivity contribution in [3.63, 3.8) is 0 Å². The number of hydrogen-bond acceptors (Lipinski definition) is 5. The standard InChI is InChI=1S/C20H13Cl2N3O3/c1-25-20(27)14(10-24-25)19(26)11-2-4-16-13(8-11)17(6-7-23-16)28-18-5-3-12(21)9-15(18)22/h2-10,27H,1H3. The van der Waals surface area contributed by atoms with Gasteiger partial charge in [0.05, 0.1) is 16.7 Å². The van der Waals surface area contributed by atoms with Gasteiger partial charge in [0, 0.05) is 29.2 Å². The summed E-state index contributed by atoms with van der Waals surface area (Å²) in [6, 6.07) is 11.6. The predicted octanol–water partition coefficient (Wildman–Crippen LogP) is 5.00. The van der Waals surface area contributed by atoms with Crippen LogP contribution in [-0.4, -0.2) is 25.7 Å². The van der Waals surface area contributed by atoms with Crippen molar-refractivity contribution in [2.45, 2.75) is 0 Å². The fraction of sp³-hybridized carbons (Fsp3) is 0.0500. The molecule has 0 saturated carbocycles. The lowest BCUT2D eigenvalue weighted by Gasteiger charge is -2.11. The molecule has 1 N–H and O–H groups in total. The lowest BCUT2D eigenvalue weighted by Crippen LogP contribution is -2.01. The lowest BCUT2D eigenvalue weighted by molar-refractivity contribution is 0.103. The number of pyridine rings is 1. The second kappa shape index (κ2) is 7.14. The molecule has 4 rings (SSSR count). The van der Waals surface area contributed by atoms with E-state index in [1.807, 2.05) is 0 Å². The van der Waals surface area contributed by atoms with Gasteiger partial charge in [0.2, 0.25) is 5.88 Å². The first-order valence-electron chi connectivity index (χ1n) is 8.21. The van der Waals surface area contributed by atoms with Crippen molar-refractivity contribution in [1.29, 1.82) is 0 Å². The van der Waals surface area contributed by atoms with E-state index in [4.69, 9.17) is 27.9 Å². The molecule has 140 valence electrons. The molecular weight excluding hydrogens is 401 g/mol. The molecule has 0 atom stereocenters. The number of halogens is 2. The highest BCUT2D eigenvalue weighted by atomic mass is 35.5. The molecule has 0 spiro atoms. The number of aryl methyl sites for hydroxylation is 1. The molecule has 2 aromatic carbocycles. The van der Waals surface area contributed by atoms with Crippen LogP contribution in [0.15, 0.2) is 54.9 Å². The van der Waals surface area contributed by atoms with Crippen LogP contribution in [0.1, 0.15) is 15.9 Å². The number of carbonyl (C=O) groups excluding carboxylic acids is 1. The Balaban J connectivity index is 1.77. The summed E-state index contributed by atoms with van der Waals surface area (Å²) >= 11 is 12.1. The van der Waals surface area contributed by atoms with E-state index < -0.39 is 0 Å². The first kappa shape index (κ1) is 18.3. The molecular formula is C20H13Cl2N3O3. The van der Waals surface area contributed by atoms with Crippen LogP contribution in [0.25, 0.3) is 10.9 Å². The van der Waals surface area contributed by atoms with Gasteiger partial charge >= 0.3 is 0 Å². The van der Waals surface area contributed by atoms with Crippen LogP contribution in [0.2, 0.25) is 10.0 Å². The molecule has 0 radical (unpaired) electrons. The topological polar surface area (TPSA) is 77.2 Å². The molecule has 6 nitrogen and oxygen atoms in total. The number of hydrogen-bond donors (Lipinski definition) is 1. The molecule has 0 aliphatic heterocycles. The van der Waals surface area contributed by atoms with Crippen molar-refractivity contribution in [3.8, 4) is 17.4 Å². The fourth-order valence-electron chi connectivity index (χ4n) is 2.77. The van der Waals surface area contributed by atoms with Crippen molar-refractivity contribution in [3.05, 3.63) is 76.0 Å². The number of benzene rings is 2. The van der Waals surface area contributed by atoms with E-state index in [0.717, 1.165) is 0 Å². The molecule has 28 heavy (non-hydrogen) atoms. The largest absolute Gasteiger partial charge is 0.493 e. The van der Waals surface area contributed by atoms with E-state index in [1.165, 1.54) is 10.9 Å². The van der Waals surface area contributed by atoms with E-state index in [0.29, 0.717) is 38.0 Å². The van der Waals surface area contributed by atoms with Crippen molar-refractivity contribution < 1.29 is 14.6 Å². The first-order valence-corrected chi connectivity index (χ1v) is 8.97. The Morgan fingerprint density at radius 2 is 1.93 bits per heavy atom. The summed E-state index contributed by atoms with van der Waals surface area (Å²) in [6.45, 7) is 0. The summed E-state index contributed by atoms with van der Waals surface area (Å²) < 4.78 is 7.17. The molecule has 0 amide bonds. The highest BCUT2D eigenvalue weighted by molar-refractivity contribution is 6.35. The maximum absolute atomic E-state index is 12.8. The third kappa shape index (κ3) is 3.28. The Hall–Kier alpha value is -3.09. The summed E-state index contributed by atoms with van der Waals surface area (Å²) in [5.41, 5.74) is 1.14. The number of aromatic hydroxyl groups is 1. The average Bonchev–Trinajstić information content (AvgIpc) is 3.02. The minimum Gasteiger partial charge on any atom is -0.493 e. The fourth-order valence-corrected chi connectivity index (χ4v) is 3.22. The van der Waals surface area contributed by atoms with Gasteiger partial charge in [-0.05, 0) is 42.5 Å². The van der Waals surface area contributed by atoms with Gasteiger partial charge < -0.3 is 9.84 Å². The summed E-state index contributed by atoms with van der Waals surface area (Å²) in [5.74, 6) is 0.368. The van der Waals surface area contributed by atoms with Crippen molar-refractivity contribution in [2.75, 3.05) is 0 Å². The van der Waals surface area contributed by atoms with Gasteiger partial charge in [-0.15, -0.1) is 0 Å². The predicted molar refractivity (Wildman–Crippen MR) is 107 cm³/mol. The minimum atomic E-state index is -0.355. The maximum atomic E-state index is 12.8. The van der Waals surface area contributed by atoms with E-state index in [9.17, 15) is 9.90 Å². The number of nitrogens with zero attached hydrogens (tertiary/aromatic N) is 3. The molecule has 8 heteroatoms. The molecule has 4 aromatic rings. The molecule has 0 bridgehead atoms. The second-order valence-electron chi connectivity index (χ2n) is 6.05. The van der Waals surface area contributed by atoms with Gasteiger partial charge in [-0.3, -0.25) is 9.78 Å². The number of rotatable bonds is 4. The van der Waals surface area contributed by atoms with Crippen LogP contribution in [0.5, 0.6) is 17.4 Å². The Kier molecular flexibility index (Phi) is 4.66. The monoisotopic (exact) mass is 413 g/mol. The van der Waals surface area contributed by atoms with Crippen LogP contribution >= 0.6 is 23.2 Å². The molecule has 0 aliphatic rings. The van der Waals surface area contributed by atoms with Crippen LogP contribution in [0.3, 0.4) is 0 Å². The van der Waals surface area contributed by atoms with Crippen molar-refractivity contribution >= 4 is 39.9 Å². The van der Waals surface area contributed by atoms with Gasteiger partial charge in [0.25, 0.3) is 0 Å². The van der Waals surface area contributed by atoms with Gasteiger partial charge in [0.15, 0.2) is 5.78 Å². The van der Waals surface area contributed by atoms with E-state index >= 15 is 0 Å². The van der Waals surface area contributed by atoms with Crippen molar-refractivity contribution in [2.24, 2.45) is 7.05 Å². The highest BCUT2D eigenvalue weighted by Gasteiger charge is 2.18. The lowest BCUT2D eigenvalue weighted by atomic mass is 10.0. The third-order valence-corrected chi connectivity index (χ3v) is 4.76. The quantitative estimate of drug-likeness (QED) is 0.476. The molecule has 0 fully saturated rings. The molecule has 0 saturated heterocycles. The van der Waals surface area contributed by atoms with Gasteiger partial charge in [-0.2, -0.15) is 5.10 Å². The summed E-state index contributed by atoms with van der Waals surface area (Å²) in [6.07, 6.45) is 2.94. The van der Waals surface area contributed by atoms with E-state index in [-0.39, 0.29) is 17.2 Å². The molecule has 2 aromatic heterocycles. The van der Waals surface area contributed by atoms with E-state index in [1.54, 1.807) is 55.7 Å². The Morgan fingerprint density at radius 1 is 1.11 bits per heavy atom. The van der Waals surface area contributed by atoms with Crippen LogP contribution in [0.4, 0.5) is 0 Å². The number of carbonyl (C=O) groups is 1. The highest BCUT2D eigenvalue weighted by Crippen LogP contribution is 2.35. The average molecular weight is 414 g/mol. The maximum Gasteiger partial charge on any atom is 0.220 e. The van der Waals surface area contributed by atoms with Gasteiger partial charge in [-0.1, -0.05) is 23.2 Å². The normalized spacial score (nSPS) is 11.0. The SMILES string of the molecule is Cn1ncc(C(=O)c2ccc3nccc(Oc4ccc(Cl)cc4Cl)c3c2)c1O. The van der Waals surface area contributed by atoms with Gasteiger partial charge in [-0.25, -0.2) is 4.68 Å². The minimum absolute atomic E-state index is 0.119. The molecule has 0 unspecified atom stereocenters. The third-order valence-electron chi connectivity index (χ3n) is 4.23. The summed E-state index contributed by atoms with van der Waals surface area (Å²) in [5, 5.41) is 15.4. The van der Waals surface area contributed by atoms with E-state index in [2.05, 4.69) is 10.1 Å². The smallest absolute Gasteiger partial charge is 0.220 e. The van der Waals surface area contributed by atoms with Crippen LogP contribution in [-0.2, 0) is 7.05 Å². The second-order valence-corrected chi connectivity index (χ2v) is 6.90. The Labute approximate surface area is 169 Å². The number of aromatic nitrogens is 3. The summed E-state index contributed by atoms with van der Waals surface area (Å²) in [7, 11) is 1.55. The molecule has 2 heterocycles. The number of ether oxygens (including phenoxy) is 1. The zero-order valence-corrected chi connectivity index (χ0v) is 16.1. The first-order chi connectivity index (χ1) is 13.4. The zero-order chi connectivity index (χ0) is 19.8. The van der Waals surface area contributed by atoms with Crippen LogP contribution in [0, 0.1) is 0 Å². The van der Waals surface area contributed by atoms with Crippen molar-refractivity contribution in [1.82, 2.24) is 14.8 Å². The van der Waals surface area contributed by atoms with Gasteiger partial charge in [0.1, 0.15) is 17.1 Å². The number of fused-ring (bicyclic) bond motifs is 1. The van der Waals surface area contributed by atoms with Crippen LogP contribution < -0.4 is 4.74 Å². The number of ketones is 1. The summed E-state index contributed by atoms with van der Waals surface area (Å²) in [4.78, 5) is 17.1. The Morgan fingerprint density at radius 3 is 2.64 bits per heavy atom. The molecule has 0 aliphatic carbocycles. The Bertz CT molecular complexity index is 1220.